The number of morpholine rings is 1. The van der Waals surface area contributed by atoms with Crippen LogP contribution in [0.1, 0.15) is 6.42 Å². The average molecular weight is 308 g/mol. The Morgan fingerprint density at radius 1 is 1.45 bits per heavy atom. The highest BCUT2D eigenvalue weighted by atomic mass is 16.5. The summed E-state index contributed by atoms with van der Waals surface area (Å²) >= 11 is 0. The van der Waals surface area contributed by atoms with Crippen LogP contribution >= 0.6 is 0 Å². The number of nitrogens with zero attached hydrogens (tertiary/aromatic N) is 1. The van der Waals surface area contributed by atoms with Gasteiger partial charge in [-0.1, -0.05) is 0 Å². The number of carbonyl (C=O) groups excluding carboxylic acids is 2. The Kier molecular flexibility index (Phi) is 5.74. The van der Waals surface area contributed by atoms with Gasteiger partial charge < -0.3 is 24.8 Å². The number of β-amino-alcohol motifs (C(OH)–C–C–N with tert-alkyl or cyclic N) is 1. The van der Waals surface area contributed by atoms with Gasteiger partial charge in [-0.25, -0.2) is 0 Å². The highest BCUT2D eigenvalue weighted by Gasteiger charge is 2.30. The monoisotopic (exact) mass is 308 g/mol. The van der Waals surface area contributed by atoms with Crippen LogP contribution in [0.5, 0.6) is 5.75 Å². The molecule has 1 unspecified atom stereocenters. The number of rotatable bonds is 6. The Labute approximate surface area is 128 Å². The first-order chi connectivity index (χ1) is 10.6. The quantitative estimate of drug-likeness (QED) is 0.786. The van der Waals surface area contributed by atoms with Crippen molar-refractivity contribution in [3.63, 3.8) is 0 Å². The molecule has 1 aromatic rings. The van der Waals surface area contributed by atoms with Gasteiger partial charge in [0.1, 0.15) is 11.9 Å². The fraction of sp³-hybridized carbons (Fsp3) is 0.467. The summed E-state index contributed by atoms with van der Waals surface area (Å²) in [7, 11) is 1.57. The van der Waals surface area contributed by atoms with Crippen molar-refractivity contribution in [3.05, 3.63) is 24.3 Å². The fourth-order valence-corrected chi connectivity index (χ4v) is 2.23. The number of benzene rings is 1. The Balaban J connectivity index is 1.89. The van der Waals surface area contributed by atoms with E-state index in [1.54, 1.807) is 31.4 Å². The highest BCUT2D eigenvalue weighted by Crippen LogP contribution is 2.16. The van der Waals surface area contributed by atoms with E-state index in [1.165, 1.54) is 4.90 Å². The third-order valence-corrected chi connectivity index (χ3v) is 3.38. The van der Waals surface area contributed by atoms with Gasteiger partial charge in [0.25, 0.3) is 5.91 Å². The maximum absolute atomic E-state index is 12.1. The predicted molar refractivity (Wildman–Crippen MR) is 79.6 cm³/mol. The van der Waals surface area contributed by atoms with Crippen molar-refractivity contribution in [2.45, 2.75) is 12.5 Å². The van der Waals surface area contributed by atoms with E-state index >= 15 is 0 Å². The van der Waals surface area contributed by atoms with E-state index in [2.05, 4.69) is 5.32 Å². The fourth-order valence-electron chi connectivity index (χ4n) is 2.23. The molecule has 120 valence electrons. The summed E-state index contributed by atoms with van der Waals surface area (Å²) in [5, 5.41) is 11.6. The van der Waals surface area contributed by atoms with Gasteiger partial charge in [0.15, 0.2) is 0 Å². The maximum Gasteiger partial charge on any atom is 0.252 e. The number of anilines is 1. The zero-order chi connectivity index (χ0) is 15.9. The van der Waals surface area contributed by atoms with Crippen LogP contribution in [0.4, 0.5) is 5.69 Å². The molecule has 0 saturated carbocycles. The molecule has 1 heterocycles. The van der Waals surface area contributed by atoms with Crippen LogP contribution in [0, 0.1) is 0 Å². The van der Waals surface area contributed by atoms with Crippen LogP contribution in [0.2, 0.25) is 0 Å². The molecule has 1 aliphatic heterocycles. The average Bonchev–Trinajstić information content (AvgIpc) is 2.52. The van der Waals surface area contributed by atoms with Crippen LogP contribution in [-0.2, 0) is 14.3 Å². The molecule has 7 nitrogen and oxygen atoms in total. The van der Waals surface area contributed by atoms with E-state index in [-0.39, 0.29) is 31.4 Å². The minimum Gasteiger partial charge on any atom is -0.497 e. The summed E-state index contributed by atoms with van der Waals surface area (Å²) in [5.74, 6) is 0.142. The molecule has 1 fully saturated rings. The molecule has 0 spiro atoms. The Bertz CT molecular complexity index is 515. The summed E-state index contributed by atoms with van der Waals surface area (Å²) in [6, 6.07) is 6.92. The summed E-state index contributed by atoms with van der Waals surface area (Å²) in [6.45, 7) is 0.970. The molecule has 0 aromatic heterocycles. The first-order valence-electron chi connectivity index (χ1n) is 7.09. The summed E-state index contributed by atoms with van der Waals surface area (Å²) < 4.78 is 10.4. The number of aliphatic hydroxyl groups excluding tert-OH is 1. The molecule has 0 aliphatic carbocycles. The summed E-state index contributed by atoms with van der Waals surface area (Å²) in [5.41, 5.74) is 0.626. The topological polar surface area (TPSA) is 88.1 Å². The second kappa shape index (κ2) is 7.77. The largest absolute Gasteiger partial charge is 0.497 e. The van der Waals surface area contributed by atoms with Crippen LogP contribution in [0.15, 0.2) is 24.3 Å². The summed E-state index contributed by atoms with van der Waals surface area (Å²) in [6.07, 6.45) is -0.842. The van der Waals surface area contributed by atoms with Gasteiger partial charge in [0.05, 0.1) is 26.7 Å². The molecule has 2 rings (SSSR count). The van der Waals surface area contributed by atoms with Crippen molar-refractivity contribution in [2.75, 3.05) is 38.7 Å². The molecule has 2 amide bonds. The number of hydrogen-bond acceptors (Lipinski definition) is 5. The number of hydrogen-bond donors (Lipinski definition) is 2. The first kappa shape index (κ1) is 16.3. The first-order valence-corrected chi connectivity index (χ1v) is 7.09. The van der Waals surface area contributed by atoms with E-state index in [0.29, 0.717) is 24.6 Å². The Morgan fingerprint density at radius 2 is 2.18 bits per heavy atom. The third kappa shape index (κ3) is 4.19. The van der Waals surface area contributed by atoms with E-state index < -0.39 is 6.10 Å². The summed E-state index contributed by atoms with van der Waals surface area (Å²) in [4.78, 5) is 25.6. The number of amides is 2. The minimum absolute atomic E-state index is 0.0488. The van der Waals surface area contributed by atoms with Gasteiger partial charge in [-0.15, -0.1) is 0 Å². The second-order valence-electron chi connectivity index (χ2n) is 4.89. The molecule has 1 aliphatic rings. The number of nitrogens with one attached hydrogen (secondary N) is 1. The molecular formula is C15H20N2O5. The van der Waals surface area contributed by atoms with Gasteiger partial charge in [0, 0.05) is 18.8 Å². The van der Waals surface area contributed by atoms with E-state index in [0.717, 1.165) is 0 Å². The van der Waals surface area contributed by atoms with E-state index in [1.807, 2.05) is 0 Å². The molecule has 1 saturated heterocycles. The number of aliphatic hydroxyl groups is 1. The van der Waals surface area contributed by atoms with Gasteiger partial charge in [-0.05, 0) is 24.3 Å². The predicted octanol–water partition coefficient (Wildman–Crippen LogP) is 0.243. The number of ether oxygens (including phenoxy) is 2. The normalized spacial score (nSPS) is 18.2. The lowest BCUT2D eigenvalue weighted by atomic mass is 10.1. The van der Waals surface area contributed by atoms with E-state index in [4.69, 9.17) is 14.6 Å². The molecular weight excluding hydrogens is 288 g/mol. The van der Waals surface area contributed by atoms with Gasteiger partial charge >= 0.3 is 0 Å². The lowest BCUT2D eigenvalue weighted by Gasteiger charge is -2.31. The molecule has 1 atom stereocenters. The van der Waals surface area contributed by atoms with Gasteiger partial charge in [-0.2, -0.15) is 0 Å². The van der Waals surface area contributed by atoms with Crippen molar-refractivity contribution in [1.82, 2.24) is 4.90 Å². The van der Waals surface area contributed by atoms with Crippen LogP contribution < -0.4 is 10.1 Å². The highest BCUT2D eigenvalue weighted by molar-refractivity contribution is 5.95. The number of carbonyl (C=O) groups is 2. The molecule has 0 radical (unpaired) electrons. The molecule has 2 N–H and O–H groups in total. The lowest BCUT2D eigenvalue weighted by molar-refractivity contribution is -0.155. The van der Waals surface area contributed by atoms with Crippen LogP contribution in [-0.4, -0.2) is 61.3 Å². The van der Waals surface area contributed by atoms with Crippen LogP contribution in [0.25, 0.3) is 0 Å². The molecule has 7 heteroatoms. The van der Waals surface area contributed by atoms with Crippen molar-refractivity contribution < 1.29 is 24.2 Å². The standard InChI is InChI=1S/C15H20N2O5/c1-21-12-4-2-11(3-5-12)16-14(19)10-13-15(20)17(6-8-18)7-9-22-13/h2-5,13,18H,6-10H2,1H3,(H,16,19). The van der Waals surface area contributed by atoms with Crippen molar-refractivity contribution in [2.24, 2.45) is 0 Å². The van der Waals surface area contributed by atoms with E-state index in [9.17, 15) is 9.59 Å². The van der Waals surface area contributed by atoms with Gasteiger partial charge in [-0.3, -0.25) is 9.59 Å². The van der Waals surface area contributed by atoms with Crippen molar-refractivity contribution in [1.29, 1.82) is 0 Å². The van der Waals surface area contributed by atoms with Crippen molar-refractivity contribution >= 4 is 17.5 Å². The zero-order valence-electron chi connectivity index (χ0n) is 12.4. The second-order valence-corrected chi connectivity index (χ2v) is 4.89. The number of methoxy groups -OCH3 is 1. The van der Waals surface area contributed by atoms with Gasteiger partial charge in [0.2, 0.25) is 5.91 Å². The zero-order valence-corrected chi connectivity index (χ0v) is 12.4. The lowest BCUT2D eigenvalue weighted by Crippen LogP contribution is -2.49. The molecule has 22 heavy (non-hydrogen) atoms. The smallest absolute Gasteiger partial charge is 0.252 e. The Morgan fingerprint density at radius 3 is 2.82 bits per heavy atom. The maximum atomic E-state index is 12.1. The van der Waals surface area contributed by atoms with Crippen LogP contribution in [0.3, 0.4) is 0 Å². The minimum atomic E-state index is -0.793. The molecule has 0 bridgehead atoms. The Hall–Kier alpha value is -2.12. The van der Waals surface area contributed by atoms with Crippen molar-refractivity contribution in [3.8, 4) is 5.75 Å². The SMILES string of the molecule is COc1ccc(NC(=O)CC2OCCN(CCO)C2=O)cc1. The molecule has 1 aromatic carbocycles. The third-order valence-electron chi connectivity index (χ3n) is 3.38.